The predicted molar refractivity (Wildman–Crippen MR) is 375 cm³/mol. The Bertz CT molecular complexity index is 3320. The van der Waals surface area contributed by atoms with Gasteiger partial charge in [-0.25, -0.2) is 27.5 Å². The summed E-state index contributed by atoms with van der Waals surface area (Å²) in [6.07, 6.45) is -4.19. The zero-order chi connectivity index (χ0) is 76.7. The summed E-state index contributed by atoms with van der Waals surface area (Å²) in [5.74, 6) is -9.28. The Morgan fingerprint density at radius 2 is 1.23 bits per heavy atom. The quantitative estimate of drug-likeness (QED) is 0.0153. The summed E-state index contributed by atoms with van der Waals surface area (Å²) in [7, 11) is -3.27. The molecule has 1 aliphatic rings. The van der Waals surface area contributed by atoms with Gasteiger partial charge in [0.2, 0.25) is 47.3 Å². The molecule has 0 aromatic heterocycles. The van der Waals surface area contributed by atoms with Crippen LogP contribution in [0.3, 0.4) is 0 Å². The van der Waals surface area contributed by atoms with Crippen LogP contribution in [0.1, 0.15) is 170 Å². The Balaban J connectivity index is 1.94. The topological polar surface area (TPSA) is 448 Å². The lowest BCUT2D eigenvalue weighted by Crippen LogP contribution is -2.62. The van der Waals surface area contributed by atoms with Crippen LogP contribution in [-0.4, -0.2) is 189 Å². The van der Waals surface area contributed by atoms with E-state index in [0.717, 1.165) is 12.7 Å². The molecular formula is C69H112N12O19S. The van der Waals surface area contributed by atoms with Gasteiger partial charge in [-0.05, 0) is 167 Å². The number of carbonyl (C=O) groups is 10. The molecule has 101 heavy (non-hydrogen) atoms. The maximum absolute atomic E-state index is 14.8. The van der Waals surface area contributed by atoms with Crippen molar-refractivity contribution in [3.05, 3.63) is 58.1 Å². The number of alkyl carbamates (subject to hydrolysis) is 2. The van der Waals surface area contributed by atoms with E-state index >= 15 is 0 Å². The number of aliphatic hydroxyl groups excluding tert-OH is 2. The molecule has 2 aromatic carbocycles. The first-order valence-electron chi connectivity index (χ1n) is 34.1. The molecule has 10 atom stereocenters. The van der Waals surface area contributed by atoms with Gasteiger partial charge in [0.05, 0.1) is 43.0 Å². The van der Waals surface area contributed by atoms with Gasteiger partial charge in [-0.2, -0.15) is 0 Å². The van der Waals surface area contributed by atoms with Gasteiger partial charge < -0.3 is 87.1 Å². The highest BCUT2D eigenvalue weighted by Crippen LogP contribution is 2.42. The van der Waals surface area contributed by atoms with Gasteiger partial charge in [-0.1, -0.05) is 78.3 Å². The average molecular weight is 1450 g/mol. The molecule has 0 spiro atoms. The first-order valence-corrected chi connectivity index (χ1v) is 35.6. The van der Waals surface area contributed by atoms with Crippen molar-refractivity contribution in [2.45, 2.75) is 252 Å². The lowest BCUT2D eigenvalue weighted by atomic mass is 9.88. The molecule has 9 amide bonds. The van der Waals surface area contributed by atoms with Crippen molar-refractivity contribution in [2.75, 3.05) is 33.4 Å². The highest BCUT2D eigenvalue weighted by molar-refractivity contribution is 7.90. The van der Waals surface area contributed by atoms with E-state index in [0.29, 0.717) is 40.8 Å². The molecule has 1 heterocycles. The molecule has 0 saturated heterocycles. The second-order valence-corrected chi connectivity index (χ2v) is 30.4. The normalized spacial score (nSPS) is 15.8. The van der Waals surface area contributed by atoms with E-state index in [2.05, 4.69) is 57.9 Å². The van der Waals surface area contributed by atoms with Crippen molar-refractivity contribution in [1.82, 2.24) is 57.9 Å². The van der Waals surface area contributed by atoms with Gasteiger partial charge in [0.1, 0.15) is 59.8 Å². The van der Waals surface area contributed by atoms with Crippen LogP contribution in [0.4, 0.5) is 9.59 Å². The molecular weight excluding hydrogens is 1330 g/mol. The number of esters is 1. The third-order valence-corrected chi connectivity index (χ3v) is 18.0. The number of carbonyl (C=O) groups excluding carboxylic acids is 10. The van der Waals surface area contributed by atoms with Crippen LogP contribution in [0, 0.1) is 43.9 Å². The molecule has 32 heteroatoms. The van der Waals surface area contributed by atoms with Crippen molar-refractivity contribution in [3.63, 3.8) is 0 Å². The molecule has 0 saturated carbocycles. The standard InChI is InChI=1S/C69H112N12O19S/c1-20-39(6)51(61(89)79-52(43(10)82)60(88)73-34-50(83)74-47(29-32-72-65(92)97-35-44-25-22-21-23-26-44)57(85)77-49(63(91)96-19)36-98-67(11,12)13)78-58(86)46(75-59(87)48(33-37(2)3)76-62(90)53(54(84)38(4)5)80-66(93)100-68(14,15)16)27-24-31-71-64(70)81-101(94,95)56-41(8)40(7)55-45(42(56)9)28-30-69(17,18)99-55/h21-23,25-26,37-39,43,46-49,51-54,82,84H,20,24,27-36H2,1-19H3,(H,72,92)(H,73,88)(H,74,83)(H,75,87)(H,76,90)(H,77,85)(H,78,86)(H,79,89)(H,80,93)(H3,70,71,81)/t39-,43-,46+,47-,48-,49-,51-,52-,53-,54+/m0/s1. The molecule has 0 aliphatic carbocycles. The molecule has 3 rings (SSSR count). The van der Waals surface area contributed by atoms with E-state index in [1.165, 1.54) is 6.92 Å². The molecule has 14 N–H and O–H groups in total. The lowest BCUT2D eigenvalue weighted by Gasteiger charge is -2.35. The molecule has 31 nitrogen and oxygen atoms in total. The number of aliphatic hydroxyl groups is 2. The number of benzene rings is 2. The van der Waals surface area contributed by atoms with Crippen molar-refractivity contribution in [2.24, 2.45) is 17.8 Å². The number of hydrogen-bond donors (Lipinski definition) is 14. The highest BCUT2D eigenvalue weighted by atomic mass is 32.2. The van der Waals surface area contributed by atoms with Crippen LogP contribution in [0.2, 0.25) is 0 Å². The third kappa shape index (κ3) is 28.9. The van der Waals surface area contributed by atoms with E-state index in [1.54, 1.807) is 134 Å². The van der Waals surface area contributed by atoms with Gasteiger partial charge in [0.25, 0.3) is 10.0 Å². The zero-order valence-corrected chi connectivity index (χ0v) is 62.9. The van der Waals surface area contributed by atoms with Crippen molar-refractivity contribution in [3.8, 4) is 5.75 Å². The lowest BCUT2D eigenvalue weighted by molar-refractivity contribution is -0.149. The largest absolute Gasteiger partial charge is 0.487 e. The molecule has 568 valence electrons. The summed E-state index contributed by atoms with van der Waals surface area (Å²) in [5.41, 5.74) is 0.786. The number of amides is 9. The van der Waals surface area contributed by atoms with Crippen molar-refractivity contribution < 1.29 is 90.3 Å². The fourth-order valence-corrected chi connectivity index (χ4v) is 12.1. The van der Waals surface area contributed by atoms with Crippen LogP contribution < -0.4 is 62.6 Å². The van der Waals surface area contributed by atoms with Gasteiger partial charge in [0.15, 0.2) is 6.04 Å². The molecule has 1 aliphatic heterocycles. The highest BCUT2D eigenvalue weighted by Gasteiger charge is 2.40. The SMILES string of the molecule is CC[C@H](C)[C@H](NC(=O)[C@@H](CCCNC(=N)NS(=O)(=O)c1c(C)c(C)c2c(c1C)CCC(C)(C)O2)NC(=O)[C@H](CC(C)C)NC(=O)[C@@H](NC(=O)OC(C)(C)C)[C@H](O)C(C)C)C(=O)N[C@H](C(=O)NCC(=O)N[C@@H](CCNC(=O)OCc1ccccc1)C(=O)N[C@@H](COC(C)(C)C)C(=O)OC)[C@H](C)O. The fraction of sp³-hybridized carbons (Fsp3) is 0.667. The van der Waals surface area contributed by atoms with Gasteiger partial charge in [0, 0.05) is 13.1 Å². The van der Waals surface area contributed by atoms with Gasteiger partial charge in [-0.3, -0.25) is 39.0 Å². The molecule has 0 fully saturated rings. The monoisotopic (exact) mass is 1440 g/mol. The van der Waals surface area contributed by atoms with E-state index in [9.17, 15) is 66.6 Å². The molecule has 0 unspecified atom stereocenters. The number of nitrogens with one attached hydrogen (secondary N) is 12. The summed E-state index contributed by atoms with van der Waals surface area (Å²) in [4.78, 5) is 138. The number of fused-ring (bicyclic) bond motifs is 1. The Kier molecular flexibility index (Phi) is 33.7. The maximum atomic E-state index is 14.8. The van der Waals surface area contributed by atoms with Crippen molar-refractivity contribution in [1.29, 1.82) is 5.41 Å². The van der Waals surface area contributed by atoms with Crippen molar-refractivity contribution >= 4 is 75.5 Å². The van der Waals surface area contributed by atoms with E-state index in [-0.39, 0.29) is 69.2 Å². The van der Waals surface area contributed by atoms with Crippen LogP contribution in [0.5, 0.6) is 5.75 Å². The second kappa shape index (κ2) is 39.2. The van der Waals surface area contributed by atoms with Crippen LogP contribution in [0.15, 0.2) is 35.2 Å². The van der Waals surface area contributed by atoms with Gasteiger partial charge >= 0.3 is 18.2 Å². The fourth-order valence-electron chi connectivity index (χ4n) is 10.5. The van der Waals surface area contributed by atoms with Gasteiger partial charge in [-0.15, -0.1) is 0 Å². The molecule has 0 bridgehead atoms. The second-order valence-electron chi connectivity index (χ2n) is 28.8. The van der Waals surface area contributed by atoms with E-state index < -0.39 is 165 Å². The number of rotatable bonds is 36. The number of ether oxygens (including phenoxy) is 5. The predicted octanol–water partition coefficient (Wildman–Crippen LogP) is 3.01. The summed E-state index contributed by atoms with van der Waals surface area (Å²) < 4.78 is 58.0. The minimum Gasteiger partial charge on any atom is -0.487 e. The Morgan fingerprint density at radius 3 is 1.80 bits per heavy atom. The first kappa shape index (κ1) is 86.9. The summed E-state index contributed by atoms with van der Waals surface area (Å²) in [5, 5.41) is 56.2. The summed E-state index contributed by atoms with van der Waals surface area (Å²) >= 11 is 0. The van der Waals surface area contributed by atoms with Crippen LogP contribution >= 0.6 is 0 Å². The number of sulfonamides is 1. The van der Waals surface area contributed by atoms with Crippen LogP contribution in [0.25, 0.3) is 0 Å². The van der Waals surface area contributed by atoms with E-state index in [4.69, 9.17) is 29.1 Å². The summed E-state index contributed by atoms with van der Waals surface area (Å²) in [6, 6.07) is -1.93. The molecule has 0 radical (unpaired) electrons. The Hall–Kier alpha value is -8.36. The first-order chi connectivity index (χ1) is 46.8. The average Bonchev–Trinajstić information content (AvgIpc) is 0.746. The third-order valence-electron chi connectivity index (χ3n) is 16.4. The minimum absolute atomic E-state index is 0.00816. The smallest absolute Gasteiger partial charge is 0.408 e. The van der Waals surface area contributed by atoms with E-state index in [1.807, 2.05) is 13.8 Å². The number of methoxy groups -OCH3 is 1. The number of guanidine groups is 1. The Morgan fingerprint density at radius 1 is 0.653 bits per heavy atom. The maximum Gasteiger partial charge on any atom is 0.408 e. The number of hydrogen-bond acceptors (Lipinski definition) is 20. The molecule has 2 aromatic rings. The Labute approximate surface area is 594 Å². The zero-order valence-electron chi connectivity index (χ0n) is 62.0. The minimum atomic E-state index is -4.37. The van der Waals surface area contributed by atoms with Crippen LogP contribution in [-0.2, 0) is 80.4 Å². The summed E-state index contributed by atoms with van der Waals surface area (Å²) in [6.45, 7) is 28.5.